The van der Waals surface area contributed by atoms with Crippen LogP contribution < -0.4 is 20.3 Å². The van der Waals surface area contributed by atoms with Crippen molar-refractivity contribution in [1.82, 2.24) is 9.97 Å². The molecule has 2 aromatic heterocycles. The van der Waals surface area contributed by atoms with E-state index >= 15 is 0 Å². The number of nitrogens with zero attached hydrogens (tertiary/aromatic N) is 2. The van der Waals surface area contributed by atoms with Crippen LogP contribution in [-0.4, -0.2) is 29.7 Å². The smallest absolute Gasteiger partial charge is 0.323 e. The molecule has 0 saturated carbocycles. The number of carbonyl (C=O) groups is 1. The highest BCUT2D eigenvalue weighted by Gasteiger charge is 2.23. The number of anilines is 3. The fraction of sp³-hybridized carbons (Fsp3) is 0.167. The number of pyridine rings is 1. The fourth-order valence-electron chi connectivity index (χ4n) is 3.89. The molecule has 4 aromatic rings. The number of para-hydroxylation sites is 2. The number of ether oxygens (including phenoxy) is 1. The van der Waals surface area contributed by atoms with Gasteiger partial charge in [-0.3, -0.25) is 0 Å². The molecule has 0 atom stereocenters. The first-order valence-corrected chi connectivity index (χ1v) is 10.0. The first-order chi connectivity index (χ1) is 16.0. The highest BCUT2D eigenvalue weighted by molar-refractivity contribution is 6.01. The summed E-state index contributed by atoms with van der Waals surface area (Å²) in [6.45, 7) is -1.27. The quantitative estimate of drug-likeness (QED) is 0.438. The minimum Gasteiger partial charge on any atom is -0.495 e. The van der Waals surface area contributed by atoms with Gasteiger partial charge in [0.05, 0.1) is 15.5 Å². The number of aromatic nitrogens is 2. The molecule has 1 aliphatic heterocycles. The molecule has 0 aliphatic carbocycles. The Hall–Kier alpha value is -4.00. The zero-order valence-corrected chi connectivity index (χ0v) is 17.0. The van der Waals surface area contributed by atoms with Gasteiger partial charge in [-0.2, -0.15) is 0 Å². The van der Waals surface area contributed by atoms with Gasteiger partial charge in [0, 0.05) is 47.8 Å². The Morgan fingerprint density at radius 2 is 2.00 bits per heavy atom. The van der Waals surface area contributed by atoms with Crippen LogP contribution in [-0.2, 0) is 12.9 Å². The van der Waals surface area contributed by atoms with Crippen LogP contribution >= 0.6 is 0 Å². The number of aromatic amines is 1. The molecule has 7 nitrogen and oxygen atoms in total. The first-order valence-electron chi connectivity index (χ1n) is 11.0. The number of H-pyrrole nitrogens is 1. The maximum atomic E-state index is 12.7. The highest BCUT2D eigenvalue weighted by atomic mass is 16.5. The SMILES string of the molecule is [2H]C([2H])(c1c[nH]c2ncccc12)N1CCc2c(NC(=O)Nc3ccccc3OC)cccc21. The van der Waals surface area contributed by atoms with E-state index in [1.54, 1.807) is 42.6 Å². The minimum atomic E-state index is -1.76. The van der Waals surface area contributed by atoms with E-state index < -0.39 is 12.5 Å². The number of rotatable bonds is 5. The lowest BCUT2D eigenvalue weighted by Crippen LogP contribution is -2.20. The van der Waals surface area contributed by atoms with Crippen LogP contribution in [0.25, 0.3) is 11.0 Å². The van der Waals surface area contributed by atoms with E-state index in [2.05, 4.69) is 20.6 Å². The van der Waals surface area contributed by atoms with Crippen molar-refractivity contribution < 1.29 is 12.3 Å². The summed E-state index contributed by atoms with van der Waals surface area (Å²) in [5.74, 6) is 0.568. The molecule has 7 heteroatoms. The second kappa shape index (κ2) is 8.02. The van der Waals surface area contributed by atoms with Crippen LogP contribution in [0.5, 0.6) is 5.75 Å². The molecule has 1 aliphatic rings. The van der Waals surface area contributed by atoms with Crippen molar-refractivity contribution in [3.63, 3.8) is 0 Å². The van der Waals surface area contributed by atoms with E-state index in [-0.39, 0.29) is 0 Å². The Morgan fingerprint density at radius 1 is 1.16 bits per heavy atom. The van der Waals surface area contributed by atoms with E-state index in [1.165, 1.54) is 0 Å². The molecule has 2 amide bonds. The maximum Gasteiger partial charge on any atom is 0.323 e. The maximum absolute atomic E-state index is 12.7. The summed E-state index contributed by atoms with van der Waals surface area (Å²) in [6.07, 6.45) is 3.97. The second-order valence-electron chi connectivity index (χ2n) is 7.20. The topological polar surface area (TPSA) is 82.3 Å². The second-order valence-corrected chi connectivity index (χ2v) is 7.20. The predicted octanol–water partition coefficient (Wildman–Crippen LogP) is 4.78. The van der Waals surface area contributed by atoms with Crippen molar-refractivity contribution >= 4 is 34.1 Å². The van der Waals surface area contributed by atoms with E-state index in [1.807, 2.05) is 36.4 Å². The van der Waals surface area contributed by atoms with Gasteiger partial charge in [-0.05, 0) is 48.4 Å². The van der Waals surface area contributed by atoms with Gasteiger partial charge < -0.3 is 25.3 Å². The summed E-state index contributed by atoms with van der Waals surface area (Å²) in [6, 6.07) is 16.0. The van der Waals surface area contributed by atoms with E-state index in [0.29, 0.717) is 41.3 Å². The number of fused-ring (bicyclic) bond motifs is 2. The van der Waals surface area contributed by atoms with Crippen molar-refractivity contribution in [1.29, 1.82) is 0 Å². The van der Waals surface area contributed by atoms with Crippen molar-refractivity contribution in [3.8, 4) is 5.75 Å². The molecule has 31 heavy (non-hydrogen) atoms. The number of urea groups is 1. The molecular weight excluding hydrogens is 390 g/mol. The molecule has 2 aromatic carbocycles. The number of benzene rings is 2. The monoisotopic (exact) mass is 415 g/mol. The molecule has 0 spiro atoms. The van der Waals surface area contributed by atoms with Crippen LogP contribution in [0.1, 0.15) is 13.9 Å². The fourth-order valence-corrected chi connectivity index (χ4v) is 3.89. The van der Waals surface area contributed by atoms with Crippen LogP contribution in [0.15, 0.2) is 67.0 Å². The van der Waals surface area contributed by atoms with Gasteiger partial charge >= 0.3 is 6.03 Å². The molecule has 0 radical (unpaired) electrons. The molecule has 5 rings (SSSR count). The Bertz CT molecular complexity index is 1340. The summed E-state index contributed by atoms with van der Waals surface area (Å²) < 4.78 is 23.2. The highest BCUT2D eigenvalue weighted by Crippen LogP contribution is 2.35. The van der Waals surface area contributed by atoms with Crippen LogP contribution in [0.3, 0.4) is 0 Å². The van der Waals surface area contributed by atoms with Crippen LogP contribution in [0, 0.1) is 0 Å². The lowest BCUT2D eigenvalue weighted by atomic mass is 10.1. The molecule has 0 saturated heterocycles. The van der Waals surface area contributed by atoms with E-state index in [9.17, 15) is 4.79 Å². The normalized spacial score (nSPS) is 14.0. The zero-order chi connectivity index (χ0) is 23.0. The number of amides is 2. The van der Waals surface area contributed by atoms with Gasteiger partial charge in [-0.1, -0.05) is 18.2 Å². The average Bonchev–Trinajstić information content (AvgIpc) is 3.45. The number of methoxy groups -OCH3 is 1. The molecule has 0 bridgehead atoms. The third kappa shape index (κ3) is 3.66. The Kier molecular flexibility index (Phi) is 4.34. The number of hydrogen-bond donors (Lipinski definition) is 3. The van der Waals surface area contributed by atoms with Crippen molar-refractivity contribution in [3.05, 3.63) is 78.1 Å². The molecule has 3 N–H and O–H groups in total. The Labute approximate surface area is 182 Å². The number of carbonyl (C=O) groups excluding carboxylic acids is 1. The molecule has 156 valence electrons. The van der Waals surface area contributed by atoms with E-state index in [4.69, 9.17) is 7.48 Å². The van der Waals surface area contributed by atoms with Crippen LogP contribution in [0.4, 0.5) is 21.9 Å². The van der Waals surface area contributed by atoms with Crippen LogP contribution in [0.2, 0.25) is 0 Å². The summed E-state index contributed by atoms with van der Waals surface area (Å²) in [5.41, 5.74) is 4.06. The number of hydrogen-bond acceptors (Lipinski definition) is 4. The Balaban J connectivity index is 1.41. The van der Waals surface area contributed by atoms with Gasteiger partial charge in [0.2, 0.25) is 0 Å². The van der Waals surface area contributed by atoms with Gasteiger partial charge in [0.25, 0.3) is 0 Å². The predicted molar refractivity (Wildman–Crippen MR) is 123 cm³/mol. The summed E-state index contributed by atoms with van der Waals surface area (Å²) in [7, 11) is 1.55. The standard InChI is InChI=1S/C24H23N5O2/c1-31-22-10-3-2-7-20(22)28-24(30)27-19-8-4-9-21-18(19)11-13-29(21)15-16-14-26-23-17(16)6-5-12-25-23/h2-10,12,14H,11,13,15H2,1H3,(H,25,26)(H2,27,28,30)/i15D2. The summed E-state index contributed by atoms with van der Waals surface area (Å²) in [5, 5.41) is 6.47. The molecule has 3 heterocycles. The average molecular weight is 415 g/mol. The first kappa shape index (κ1) is 16.8. The number of nitrogens with one attached hydrogen (secondary N) is 3. The summed E-state index contributed by atoms with van der Waals surface area (Å²) in [4.78, 5) is 21.8. The largest absolute Gasteiger partial charge is 0.495 e. The third-order valence-electron chi connectivity index (χ3n) is 5.34. The zero-order valence-electron chi connectivity index (χ0n) is 19.0. The summed E-state index contributed by atoms with van der Waals surface area (Å²) >= 11 is 0. The van der Waals surface area contributed by atoms with Gasteiger partial charge in [0.1, 0.15) is 11.4 Å². The molecular formula is C24H23N5O2. The van der Waals surface area contributed by atoms with Gasteiger partial charge in [-0.25, -0.2) is 9.78 Å². The van der Waals surface area contributed by atoms with Gasteiger partial charge in [-0.15, -0.1) is 0 Å². The minimum absolute atomic E-state index is 0.392. The van der Waals surface area contributed by atoms with E-state index in [0.717, 1.165) is 16.6 Å². The van der Waals surface area contributed by atoms with Gasteiger partial charge in [0.15, 0.2) is 0 Å². The molecule has 0 fully saturated rings. The van der Waals surface area contributed by atoms with Crippen molar-refractivity contribution in [2.75, 3.05) is 29.2 Å². The lowest BCUT2D eigenvalue weighted by Gasteiger charge is -2.19. The Morgan fingerprint density at radius 3 is 2.90 bits per heavy atom. The van der Waals surface area contributed by atoms with Crippen molar-refractivity contribution in [2.24, 2.45) is 0 Å². The third-order valence-corrected chi connectivity index (χ3v) is 5.34. The lowest BCUT2D eigenvalue weighted by molar-refractivity contribution is 0.262. The molecule has 0 unspecified atom stereocenters. The van der Waals surface area contributed by atoms with Crippen molar-refractivity contribution in [2.45, 2.75) is 12.9 Å².